The molecule has 3 aliphatic heterocycles. The molecule has 0 saturated carbocycles. The highest BCUT2D eigenvalue weighted by atomic mass is 19.1. The Morgan fingerprint density at radius 3 is 2.59 bits per heavy atom. The molecular formula is C36H43FN10O2. The van der Waals surface area contributed by atoms with E-state index in [2.05, 4.69) is 37.3 Å². The largest absolute Gasteiger partial charge is 0.492 e. The van der Waals surface area contributed by atoms with Crippen LogP contribution in [0.4, 0.5) is 16.0 Å². The number of nitrogens with zero attached hydrogens (tertiary/aromatic N) is 9. The summed E-state index contributed by atoms with van der Waals surface area (Å²) >= 11 is 0. The minimum atomic E-state index is -0.505. The normalized spacial score (nSPS) is 18.9. The molecule has 6 heterocycles. The predicted octanol–water partition coefficient (Wildman–Crippen LogP) is 4.04. The maximum absolute atomic E-state index is 16.4. The van der Waals surface area contributed by atoms with Crippen molar-refractivity contribution in [3.05, 3.63) is 66.2 Å². The zero-order chi connectivity index (χ0) is 33.6. The van der Waals surface area contributed by atoms with Gasteiger partial charge in [-0.15, -0.1) is 0 Å². The van der Waals surface area contributed by atoms with Crippen LogP contribution in [0.3, 0.4) is 0 Å². The SMILES string of the molecule is N#CCC(=O)N1CCC[C@@H](Nc2nc(-c3cnn4ccccc34)nc(N3CCN(Cc4ccc(OCCN5CCCC5)cc4)CC3)c2F)C1. The molecular weight excluding hydrogens is 623 g/mol. The van der Waals surface area contributed by atoms with Crippen LogP contribution in [0.25, 0.3) is 16.9 Å². The van der Waals surface area contributed by atoms with Gasteiger partial charge < -0.3 is 19.9 Å². The van der Waals surface area contributed by atoms with Crippen molar-refractivity contribution >= 4 is 23.1 Å². The molecule has 12 nitrogen and oxygen atoms in total. The van der Waals surface area contributed by atoms with Crippen molar-refractivity contribution in [1.29, 1.82) is 5.26 Å². The molecule has 7 rings (SSSR count). The van der Waals surface area contributed by atoms with Crippen molar-refractivity contribution in [3.8, 4) is 23.2 Å². The van der Waals surface area contributed by atoms with E-state index in [4.69, 9.17) is 15.0 Å². The van der Waals surface area contributed by atoms with Crippen LogP contribution < -0.4 is 15.0 Å². The van der Waals surface area contributed by atoms with Gasteiger partial charge in [0, 0.05) is 64.6 Å². The molecule has 256 valence electrons. The van der Waals surface area contributed by atoms with Crippen molar-refractivity contribution < 1.29 is 13.9 Å². The summed E-state index contributed by atoms with van der Waals surface area (Å²) in [4.78, 5) is 30.4. The van der Waals surface area contributed by atoms with E-state index in [9.17, 15) is 4.79 Å². The number of amides is 1. The Hall–Kier alpha value is -4.80. The first-order chi connectivity index (χ1) is 24.0. The topological polar surface area (TPSA) is 118 Å². The van der Waals surface area contributed by atoms with Gasteiger partial charge in [-0.05, 0) is 68.6 Å². The van der Waals surface area contributed by atoms with Crippen LogP contribution in [-0.2, 0) is 11.3 Å². The number of hydrogen-bond donors (Lipinski definition) is 1. The van der Waals surface area contributed by atoms with Gasteiger partial charge in [-0.3, -0.25) is 14.6 Å². The number of hydrogen-bond acceptors (Lipinski definition) is 10. The standard InChI is InChI=1S/C36H43FN10O2/c37-33-35(40-28-6-5-16-46(26-28)32(48)12-13-38)41-34(30-24-39-47-17-2-1-7-31(30)47)42-36(33)45-20-18-44(19-21-45)25-27-8-10-29(11-9-27)49-23-22-43-14-3-4-15-43/h1-2,7-11,17,24,28H,3-6,12,14-16,18-23,25-26H2,(H,40,41,42)/t28-/m1/s1. The first-order valence-corrected chi connectivity index (χ1v) is 17.4. The molecule has 3 aromatic heterocycles. The molecule has 3 fully saturated rings. The number of carbonyl (C=O) groups excluding carboxylic acids is 1. The average Bonchev–Trinajstić information content (AvgIpc) is 3.81. The van der Waals surface area contributed by atoms with E-state index >= 15 is 4.39 Å². The van der Waals surface area contributed by atoms with Crippen molar-refractivity contribution in [2.75, 3.05) is 75.7 Å². The Morgan fingerprint density at radius 2 is 1.80 bits per heavy atom. The fraction of sp³-hybridized carbons (Fsp3) is 0.472. The van der Waals surface area contributed by atoms with Crippen LogP contribution in [0.2, 0.25) is 0 Å². The van der Waals surface area contributed by atoms with Gasteiger partial charge in [-0.25, -0.2) is 14.5 Å². The third-order valence-electron chi connectivity index (χ3n) is 9.72. The smallest absolute Gasteiger partial charge is 0.236 e. The van der Waals surface area contributed by atoms with Crippen molar-refractivity contribution in [2.24, 2.45) is 0 Å². The summed E-state index contributed by atoms with van der Waals surface area (Å²) in [5.74, 6) is 0.937. The number of benzene rings is 1. The molecule has 3 aliphatic rings. The van der Waals surface area contributed by atoms with Gasteiger partial charge in [0.1, 0.15) is 18.8 Å². The maximum Gasteiger partial charge on any atom is 0.236 e. The second-order valence-corrected chi connectivity index (χ2v) is 13.1. The first-order valence-electron chi connectivity index (χ1n) is 17.4. The minimum Gasteiger partial charge on any atom is -0.492 e. The van der Waals surface area contributed by atoms with Gasteiger partial charge in [0.15, 0.2) is 17.5 Å². The summed E-state index contributed by atoms with van der Waals surface area (Å²) in [6.45, 7) is 8.54. The molecule has 1 atom stereocenters. The number of ether oxygens (including phenoxy) is 1. The highest BCUT2D eigenvalue weighted by Crippen LogP contribution is 2.31. The summed E-state index contributed by atoms with van der Waals surface area (Å²) < 4.78 is 24.1. The number of nitriles is 1. The molecule has 1 aromatic carbocycles. The van der Waals surface area contributed by atoms with Gasteiger partial charge in [0.05, 0.1) is 23.3 Å². The van der Waals surface area contributed by atoms with E-state index < -0.39 is 5.82 Å². The molecule has 0 unspecified atom stereocenters. The lowest BCUT2D eigenvalue weighted by molar-refractivity contribution is -0.131. The van der Waals surface area contributed by atoms with Crippen molar-refractivity contribution in [1.82, 2.24) is 34.3 Å². The van der Waals surface area contributed by atoms with Crippen LogP contribution in [0.5, 0.6) is 5.75 Å². The molecule has 1 amide bonds. The number of piperazine rings is 1. The molecule has 4 aromatic rings. The van der Waals surface area contributed by atoms with Gasteiger partial charge in [-0.2, -0.15) is 14.8 Å². The lowest BCUT2D eigenvalue weighted by Gasteiger charge is -2.36. The van der Waals surface area contributed by atoms with Crippen molar-refractivity contribution in [3.63, 3.8) is 0 Å². The van der Waals surface area contributed by atoms with E-state index in [0.29, 0.717) is 44.2 Å². The highest BCUT2D eigenvalue weighted by Gasteiger charge is 2.29. The number of halogens is 1. The van der Waals surface area contributed by atoms with E-state index in [-0.39, 0.29) is 30.0 Å². The number of carbonyl (C=O) groups is 1. The van der Waals surface area contributed by atoms with Crippen LogP contribution in [0.1, 0.15) is 37.7 Å². The zero-order valence-electron chi connectivity index (χ0n) is 27.8. The summed E-state index contributed by atoms with van der Waals surface area (Å²) in [5, 5.41) is 16.8. The van der Waals surface area contributed by atoms with Crippen LogP contribution in [0, 0.1) is 17.1 Å². The molecule has 3 saturated heterocycles. The second-order valence-electron chi connectivity index (χ2n) is 13.1. The third kappa shape index (κ3) is 7.76. The lowest BCUT2D eigenvalue weighted by Crippen LogP contribution is -2.47. The fourth-order valence-corrected chi connectivity index (χ4v) is 7.03. The van der Waals surface area contributed by atoms with E-state index in [1.54, 1.807) is 15.6 Å². The summed E-state index contributed by atoms with van der Waals surface area (Å²) in [5.41, 5.74) is 2.75. The third-order valence-corrected chi connectivity index (χ3v) is 9.72. The van der Waals surface area contributed by atoms with Gasteiger partial charge in [-0.1, -0.05) is 18.2 Å². The Labute approximate surface area is 286 Å². The quantitative estimate of drug-likeness (QED) is 0.251. The monoisotopic (exact) mass is 666 g/mol. The number of nitrogens with one attached hydrogen (secondary N) is 1. The highest BCUT2D eigenvalue weighted by molar-refractivity contribution is 5.79. The molecule has 0 spiro atoms. The fourth-order valence-electron chi connectivity index (χ4n) is 7.03. The average molecular weight is 667 g/mol. The number of anilines is 2. The lowest BCUT2D eigenvalue weighted by atomic mass is 10.1. The number of likely N-dealkylation sites (tertiary alicyclic amines) is 2. The summed E-state index contributed by atoms with van der Waals surface area (Å²) in [7, 11) is 0. The Kier molecular flexibility index (Phi) is 10.1. The first kappa shape index (κ1) is 32.7. The van der Waals surface area contributed by atoms with Crippen LogP contribution in [-0.4, -0.2) is 112 Å². The molecule has 0 bridgehead atoms. The number of piperidine rings is 1. The second kappa shape index (κ2) is 15.2. The number of fused-ring (bicyclic) bond motifs is 1. The van der Waals surface area contributed by atoms with Crippen LogP contribution >= 0.6 is 0 Å². The van der Waals surface area contributed by atoms with Gasteiger partial charge in [0.2, 0.25) is 11.7 Å². The summed E-state index contributed by atoms with van der Waals surface area (Å²) in [6, 6.07) is 15.8. The summed E-state index contributed by atoms with van der Waals surface area (Å²) in [6.07, 6.45) is 7.48. The molecule has 0 radical (unpaired) electrons. The molecule has 49 heavy (non-hydrogen) atoms. The van der Waals surface area contributed by atoms with Crippen molar-refractivity contribution in [2.45, 2.75) is 44.7 Å². The Balaban J connectivity index is 1.04. The van der Waals surface area contributed by atoms with E-state index in [0.717, 1.165) is 50.3 Å². The van der Waals surface area contributed by atoms with Gasteiger partial charge in [0.25, 0.3) is 0 Å². The Bertz CT molecular complexity index is 1780. The molecule has 1 N–H and O–H groups in total. The maximum atomic E-state index is 16.4. The molecule has 13 heteroatoms. The Morgan fingerprint density at radius 1 is 0.980 bits per heavy atom. The minimum absolute atomic E-state index is 0.111. The molecule has 0 aliphatic carbocycles. The van der Waals surface area contributed by atoms with Gasteiger partial charge >= 0.3 is 0 Å². The van der Waals surface area contributed by atoms with Crippen LogP contribution in [0.15, 0.2) is 54.9 Å². The number of rotatable bonds is 11. The van der Waals surface area contributed by atoms with E-state index in [1.807, 2.05) is 47.5 Å². The predicted molar refractivity (Wildman–Crippen MR) is 185 cm³/mol. The number of aromatic nitrogens is 4. The zero-order valence-corrected chi connectivity index (χ0v) is 27.8. The van der Waals surface area contributed by atoms with E-state index in [1.165, 1.54) is 31.5 Å². The number of pyridine rings is 1.